The van der Waals surface area contributed by atoms with E-state index in [1.807, 2.05) is 30.4 Å². The first kappa shape index (κ1) is 23.1. The summed E-state index contributed by atoms with van der Waals surface area (Å²) in [4.78, 5) is 10.2. The molecule has 0 aliphatic carbocycles. The van der Waals surface area contributed by atoms with Gasteiger partial charge in [0.2, 0.25) is 0 Å². The van der Waals surface area contributed by atoms with Crippen LogP contribution in [0.1, 0.15) is 64.7 Å². The van der Waals surface area contributed by atoms with Crippen LogP contribution in [0.2, 0.25) is 0 Å². The maximum Gasteiger partial charge on any atom is 0.374 e. The Morgan fingerprint density at radius 2 is 1.48 bits per heavy atom. The Hall–Kier alpha value is -1.91. The second-order valence-electron chi connectivity index (χ2n) is 5.82. The number of carboxylic acid groups (broad SMARTS) is 1. The minimum absolute atomic E-state index is 0.0428. The van der Waals surface area contributed by atoms with Crippen molar-refractivity contribution >= 4 is 5.97 Å². The van der Waals surface area contributed by atoms with Gasteiger partial charge in [-0.1, -0.05) is 56.2 Å². The molecule has 2 N–H and O–H groups in total. The monoisotopic (exact) mass is 356 g/mol. The van der Waals surface area contributed by atoms with Gasteiger partial charge in [0.1, 0.15) is 0 Å². The van der Waals surface area contributed by atoms with E-state index in [4.69, 9.17) is 5.11 Å². The van der Waals surface area contributed by atoms with Crippen LogP contribution in [-0.4, -0.2) is 22.1 Å². The molecule has 0 saturated carbocycles. The predicted molar refractivity (Wildman–Crippen MR) is 97.9 cm³/mol. The number of halogens is 2. The Morgan fingerprint density at radius 3 is 2.04 bits per heavy atom. The average molecular weight is 356 g/mol. The fraction of sp³-hybridized carbons (Fsp3) is 0.550. The van der Waals surface area contributed by atoms with E-state index in [1.165, 1.54) is 0 Å². The molecule has 0 unspecified atom stereocenters. The molecular weight excluding hydrogens is 326 g/mol. The van der Waals surface area contributed by atoms with Gasteiger partial charge in [-0.15, -0.1) is 0 Å². The fourth-order valence-electron chi connectivity index (χ4n) is 1.99. The fourth-order valence-corrected chi connectivity index (χ4v) is 1.99. The molecule has 0 atom stereocenters. The molecule has 0 saturated heterocycles. The van der Waals surface area contributed by atoms with Crippen molar-refractivity contribution in [2.45, 2.75) is 70.6 Å². The van der Waals surface area contributed by atoms with E-state index in [2.05, 4.69) is 6.92 Å². The van der Waals surface area contributed by atoms with Crippen LogP contribution in [-0.2, 0) is 4.79 Å². The third kappa shape index (κ3) is 14.2. The summed E-state index contributed by atoms with van der Waals surface area (Å²) in [7, 11) is 0. The number of alkyl halides is 2. The Balaban J connectivity index is 3.73. The van der Waals surface area contributed by atoms with Gasteiger partial charge in [-0.25, -0.2) is 4.79 Å². The molecule has 0 spiro atoms. The maximum absolute atomic E-state index is 12.8. The molecule has 0 rings (SSSR count). The highest BCUT2D eigenvalue weighted by molar-refractivity contribution is 5.75. The van der Waals surface area contributed by atoms with E-state index in [1.54, 1.807) is 12.2 Å². The van der Waals surface area contributed by atoms with Crippen LogP contribution in [0.15, 0.2) is 48.3 Å². The van der Waals surface area contributed by atoms with Crippen molar-refractivity contribution in [2.75, 3.05) is 0 Å². The van der Waals surface area contributed by atoms with Gasteiger partial charge in [-0.05, 0) is 38.2 Å². The molecule has 142 valence electrons. The number of hydrogen-bond donors (Lipinski definition) is 2. The highest BCUT2D eigenvalue weighted by Crippen LogP contribution is 2.20. The average Bonchev–Trinajstić information content (AvgIpc) is 2.55. The third-order valence-electron chi connectivity index (χ3n) is 3.51. The Bertz CT molecular complexity index is 477. The van der Waals surface area contributed by atoms with E-state index in [0.717, 1.165) is 32.1 Å². The number of carboxylic acids is 1. The largest absolute Gasteiger partial charge is 0.513 e. The predicted octanol–water partition coefficient (Wildman–Crippen LogP) is 6.35. The lowest BCUT2D eigenvalue weighted by Gasteiger charge is -2.08. The lowest BCUT2D eigenvalue weighted by molar-refractivity contribution is -0.165. The molecule has 0 amide bonds. The van der Waals surface area contributed by atoms with E-state index >= 15 is 0 Å². The molecule has 0 fully saturated rings. The number of carbonyl (C=O) groups is 1. The minimum atomic E-state index is -3.65. The van der Waals surface area contributed by atoms with Crippen LogP contribution >= 0.6 is 0 Å². The molecule has 0 aromatic rings. The summed E-state index contributed by atoms with van der Waals surface area (Å²) in [5.74, 6) is -5.27. The standard InChI is InChI=1S/C20H30F2O3/c1-2-3-12-15-18(23)16-13-10-8-6-4-5-7-9-11-14-17-20(21,22)19(24)25/h4-5,8-11,16,23H,2-3,6-7,12-15,17H2,1H3,(H,24,25)/b5-4-,10-8-,11-9-,18-16?. The van der Waals surface area contributed by atoms with Gasteiger partial charge in [-0.2, -0.15) is 8.78 Å². The summed E-state index contributed by atoms with van der Waals surface area (Å²) >= 11 is 0. The van der Waals surface area contributed by atoms with Crippen molar-refractivity contribution in [2.24, 2.45) is 0 Å². The zero-order valence-corrected chi connectivity index (χ0v) is 15.0. The van der Waals surface area contributed by atoms with Crippen LogP contribution in [0, 0.1) is 0 Å². The molecule has 0 aromatic heterocycles. The van der Waals surface area contributed by atoms with Crippen LogP contribution in [0.4, 0.5) is 8.78 Å². The summed E-state index contributed by atoms with van der Waals surface area (Å²) in [6, 6.07) is 0. The van der Waals surface area contributed by atoms with E-state index in [-0.39, 0.29) is 6.42 Å². The molecule has 0 radical (unpaired) electrons. The SMILES string of the molecule is CCCCCC(O)=CC/C=C\C/C=C\C/C=C\CCC(F)(F)C(=O)O. The van der Waals surface area contributed by atoms with Crippen molar-refractivity contribution in [3.8, 4) is 0 Å². The smallest absolute Gasteiger partial charge is 0.374 e. The maximum atomic E-state index is 12.8. The second kappa shape index (κ2) is 14.4. The summed E-state index contributed by atoms with van der Waals surface area (Å²) in [6.07, 6.45) is 18.6. The van der Waals surface area contributed by atoms with Crippen LogP contribution in [0.5, 0.6) is 0 Å². The molecule has 25 heavy (non-hydrogen) atoms. The summed E-state index contributed by atoms with van der Waals surface area (Å²) in [5, 5.41) is 17.9. The van der Waals surface area contributed by atoms with Crippen LogP contribution in [0.3, 0.4) is 0 Å². The van der Waals surface area contributed by atoms with Crippen molar-refractivity contribution < 1.29 is 23.8 Å². The minimum Gasteiger partial charge on any atom is -0.513 e. The number of aliphatic hydroxyl groups is 1. The summed E-state index contributed by atoms with van der Waals surface area (Å²) < 4.78 is 25.6. The summed E-state index contributed by atoms with van der Waals surface area (Å²) in [5.41, 5.74) is 0. The Morgan fingerprint density at radius 1 is 0.920 bits per heavy atom. The van der Waals surface area contributed by atoms with Crippen LogP contribution < -0.4 is 0 Å². The highest BCUT2D eigenvalue weighted by Gasteiger charge is 2.37. The van der Waals surface area contributed by atoms with Gasteiger partial charge in [-0.3, -0.25) is 0 Å². The number of aliphatic carboxylic acids is 1. The molecule has 0 aliphatic rings. The zero-order chi connectivity index (χ0) is 19.0. The number of aliphatic hydroxyl groups excluding tert-OH is 1. The normalized spacial score (nSPS) is 13.5. The molecule has 0 aliphatic heterocycles. The second-order valence-corrected chi connectivity index (χ2v) is 5.82. The quantitative estimate of drug-likeness (QED) is 0.217. The van der Waals surface area contributed by atoms with Gasteiger partial charge in [0.05, 0.1) is 5.76 Å². The van der Waals surface area contributed by atoms with Crippen molar-refractivity contribution in [1.29, 1.82) is 0 Å². The molecule has 0 bridgehead atoms. The van der Waals surface area contributed by atoms with Gasteiger partial charge in [0.25, 0.3) is 0 Å². The molecule has 0 aromatic carbocycles. The number of allylic oxidation sites excluding steroid dienone is 8. The first-order chi connectivity index (χ1) is 11.9. The van der Waals surface area contributed by atoms with E-state index in [0.29, 0.717) is 18.6 Å². The van der Waals surface area contributed by atoms with Crippen molar-refractivity contribution in [1.82, 2.24) is 0 Å². The van der Waals surface area contributed by atoms with E-state index in [9.17, 15) is 18.7 Å². The molecule has 3 nitrogen and oxygen atoms in total. The topological polar surface area (TPSA) is 57.5 Å². The molecule has 5 heteroatoms. The van der Waals surface area contributed by atoms with Gasteiger partial charge < -0.3 is 10.2 Å². The van der Waals surface area contributed by atoms with Crippen molar-refractivity contribution in [3.05, 3.63) is 48.3 Å². The number of hydrogen-bond acceptors (Lipinski definition) is 2. The Kier molecular flexibility index (Phi) is 13.3. The molecular formula is C20H30F2O3. The van der Waals surface area contributed by atoms with Crippen LogP contribution in [0.25, 0.3) is 0 Å². The van der Waals surface area contributed by atoms with Gasteiger partial charge in [0.15, 0.2) is 0 Å². The van der Waals surface area contributed by atoms with Crippen molar-refractivity contribution in [3.63, 3.8) is 0 Å². The third-order valence-corrected chi connectivity index (χ3v) is 3.51. The highest BCUT2D eigenvalue weighted by atomic mass is 19.3. The first-order valence-electron chi connectivity index (χ1n) is 8.84. The van der Waals surface area contributed by atoms with E-state index < -0.39 is 18.3 Å². The lowest BCUT2D eigenvalue weighted by atomic mass is 10.1. The lowest BCUT2D eigenvalue weighted by Crippen LogP contribution is -2.27. The number of unbranched alkanes of at least 4 members (excludes halogenated alkanes) is 2. The van der Waals surface area contributed by atoms with Gasteiger partial charge in [0, 0.05) is 12.8 Å². The van der Waals surface area contributed by atoms with Gasteiger partial charge >= 0.3 is 11.9 Å². The molecule has 0 heterocycles. The number of rotatable bonds is 14. The summed E-state index contributed by atoms with van der Waals surface area (Å²) in [6.45, 7) is 2.13. The Labute approximate surface area is 149 Å². The zero-order valence-electron chi connectivity index (χ0n) is 15.0. The first-order valence-corrected chi connectivity index (χ1v) is 8.84.